The number of carbonyl (C=O) groups is 1. The van der Waals surface area contributed by atoms with Gasteiger partial charge in [-0.1, -0.05) is 22.0 Å². The van der Waals surface area contributed by atoms with Gasteiger partial charge in [0.15, 0.2) is 0 Å². The summed E-state index contributed by atoms with van der Waals surface area (Å²) in [6, 6.07) is 4.70. The molecule has 0 aromatic heterocycles. The van der Waals surface area contributed by atoms with Crippen molar-refractivity contribution in [2.45, 2.75) is 36.6 Å². The maximum absolute atomic E-state index is 13.3. The van der Waals surface area contributed by atoms with Gasteiger partial charge in [-0.2, -0.15) is 0 Å². The van der Waals surface area contributed by atoms with Gasteiger partial charge in [0.2, 0.25) is 0 Å². The van der Waals surface area contributed by atoms with Crippen LogP contribution in [0.1, 0.15) is 36.0 Å². The summed E-state index contributed by atoms with van der Waals surface area (Å²) in [4.78, 5) is 12.6. The molecule has 1 aliphatic carbocycles. The van der Waals surface area contributed by atoms with Gasteiger partial charge in [-0.25, -0.2) is 4.39 Å². The van der Waals surface area contributed by atoms with E-state index < -0.39 is 5.82 Å². The molecule has 1 fully saturated rings. The molecule has 1 saturated carbocycles. The Morgan fingerprint density at radius 1 is 1.28 bits per heavy atom. The van der Waals surface area contributed by atoms with Gasteiger partial charge in [0.1, 0.15) is 5.82 Å². The fourth-order valence-corrected chi connectivity index (χ4v) is 3.11. The number of hydrogen-bond donors (Lipinski definition) is 1. The number of hydrogen-bond acceptors (Lipinski definition) is 1. The van der Waals surface area contributed by atoms with Gasteiger partial charge in [0, 0.05) is 10.9 Å². The van der Waals surface area contributed by atoms with Gasteiger partial charge >= 0.3 is 0 Å². The summed E-state index contributed by atoms with van der Waals surface area (Å²) in [6.07, 6.45) is 4.06. The third-order valence-corrected chi connectivity index (χ3v) is 4.91. The van der Waals surface area contributed by atoms with Crippen molar-refractivity contribution in [3.63, 3.8) is 0 Å². The van der Waals surface area contributed by atoms with Gasteiger partial charge in [-0.05, 0) is 53.7 Å². The molecule has 2 rings (SSSR count). The number of halogens is 3. The van der Waals surface area contributed by atoms with E-state index in [1.165, 1.54) is 6.07 Å². The summed E-state index contributed by atoms with van der Waals surface area (Å²) >= 11 is 6.69. The topological polar surface area (TPSA) is 29.1 Å². The second-order valence-electron chi connectivity index (χ2n) is 4.52. The summed E-state index contributed by atoms with van der Waals surface area (Å²) in [6.45, 7) is 0. The third-order valence-electron chi connectivity index (χ3n) is 3.19. The minimum atomic E-state index is -0.410. The molecule has 0 heterocycles. The summed E-state index contributed by atoms with van der Waals surface area (Å²) in [5.41, 5.74) is 0.357. The van der Waals surface area contributed by atoms with Crippen LogP contribution >= 0.6 is 31.9 Å². The van der Waals surface area contributed by atoms with Crippen molar-refractivity contribution in [3.05, 3.63) is 34.1 Å². The lowest BCUT2D eigenvalue weighted by Gasteiger charge is -2.26. The van der Waals surface area contributed by atoms with Crippen molar-refractivity contribution in [2.75, 3.05) is 0 Å². The van der Waals surface area contributed by atoms with Crippen molar-refractivity contribution in [2.24, 2.45) is 0 Å². The predicted molar refractivity (Wildman–Crippen MR) is 76.5 cm³/mol. The average Bonchev–Trinajstić information content (AvgIpc) is 2.35. The minimum absolute atomic E-state index is 0.196. The van der Waals surface area contributed by atoms with Crippen LogP contribution in [0.2, 0.25) is 0 Å². The SMILES string of the molecule is O=C(NC1CCC(Br)CC1)c1cccc(F)c1Br. The van der Waals surface area contributed by atoms with E-state index in [-0.39, 0.29) is 16.4 Å². The molecule has 0 saturated heterocycles. The molecule has 0 unspecified atom stereocenters. The monoisotopic (exact) mass is 377 g/mol. The fraction of sp³-hybridized carbons (Fsp3) is 0.462. The number of carbonyl (C=O) groups excluding carboxylic acids is 1. The quantitative estimate of drug-likeness (QED) is 0.773. The lowest BCUT2D eigenvalue weighted by molar-refractivity contribution is 0.0927. The largest absolute Gasteiger partial charge is 0.349 e. The van der Waals surface area contributed by atoms with Crippen molar-refractivity contribution in [1.82, 2.24) is 5.32 Å². The molecule has 18 heavy (non-hydrogen) atoms. The Morgan fingerprint density at radius 3 is 2.61 bits per heavy atom. The maximum Gasteiger partial charge on any atom is 0.252 e. The normalized spacial score (nSPS) is 23.7. The molecule has 2 nitrogen and oxygen atoms in total. The first-order valence-electron chi connectivity index (χ1n) is 5.97. The Balaban J connectivity index is 2.01. The van der Waals surface area contributed by atoms with E-state index in [0.29, 0.717) is 10.4 Å². The van der Waals surface area contributed by atoms with Crippen LogP contribution in [0.15, 0.2) is 22.7 Å². The van der Waals surface area contributed by atoms with Crippen LogP contribution in [0, 0.1) is 5.82 Å². The van der Waals surface area contributed by atoms with E-state index in [4.69, 9.17) is 0 Å². The number of rotatable bonds is 2. The number of amides is 1. The summed E-state index contributed by atoms with van der Waals surface area (Å²) in [5, 5.41) is 2.97. The van der Waals surface area contributed by atoms with Gasteiger partial charge in [0.25, 0.3) is 5.91 Å². The highest BCUT2D eigenvalue weighted by atomic mass is 79.9. The standard InChI is InChI=1S/C13H14Br2FNO/c14-8-4-6-9(7-5-8)17-13(18)10-2-1-3-11(16)12(10)15/h1-3,8-9H,4-7H2,(H,17,18). The van der Waals surface area contributed by atoms with Gasteiger partial charge in [-0.3, -0.25) is 4.79 Å². The first-order valence-corrected chi connectivity index (χ1v) is 7.67. The molecule has 5 heteroatoms. The lowest BCUT2D eigenvalue weighted by atomic mass is 9.95. The average molecular weight is 379 g/mol. The van der Waals surface area contributed by atoms with E-state index >= 15 is 0 Å². The zero-order valence-electron chi connectivity index (χ0n) is 9.76. The van der Waals surface area contributed by atoms with E-state index in [9.17, 15) is 9.18 Å². The zero-order chi connectivity index (χ0) is 13.1. The number of alkyl halides is 1. The summed E-state index contributed by atoms with van der Waals surface area (Å²) < 4.78 is 13.6. The Morgan fingerprint density at radius 2 is 1.94 bits per heavy atom. The van der Waals surface area contributed by atoms with Gasteiger partial charge in [0.05, 0.1) is 10.0 Å². The lowest BCUT2D eigenvalue weighted by Crippen LogP contribution is -2.37. The van der Waals surface area contributed by atoms with Crippen molar-refractivity contribution >= 4 is 37.8 Å². The Bertz CT molecular complexity index is 445. The molecule has 1 N–H and O–H groups in total. The Hall–Kier alpha value is -0.420. The molecule has 0 aliphatic heterocycles. The highest BCUT2D eigenvalue weighted by Gasteiger charge is 2.22. The van der Waals surface area contributed by atoms with E-state index in [0.717, 1.165) is 25.7 Å². The molecular weight excluding hydrogens is 365 g/mol. The summed E-state index contributed by atoms with van der Waals surface area (Å²) in [5.74, 6) is -0.619. The molecule has 0 atom stereocenters. The first kappa shape index (κ1) is 14.0. The summed E-state index contributed by atoms with van der Waals surface area (Å²) in [7, 11) is 0. The first-order chi connectivity index (χ1) is 8.58. The molecule has 98 valence electrons. The van der Waals surface area contributed by atoms with E-state index in [1.54, 1.807) is 12.1 Å². The fourth-order valence-electron chi connectivity index (χ4n) is 2.14. The van der Waals surface area contributed by atoms with Crippen LogP contribution < -0.4 is 5.32 Å². The van der Waals surface area contributed by atoms with Crippen molar-refractivity contribution in [1.29, 1.82) is 0 Å². The highest BCUT2D eigenvalue weighted by Crippen LogP contribution is 2.25. The van der Waals surface area contributed by atoms with Crippen LogP contribution in [0.3, 0.4) is 0 Å². The Labute approximate surface area is 123 Å². The zero-order valence-corrected chi connectivity index (χ0v) is 12.9. The van der Waals surface area contributed by atoms with Crippen LogP contribution in [0.5, 0.6) is 0 Å². The van der Waals surface area contributed by atoms with Crippen LogP contribution in [-0.2, 0) is 0 Å². The molecule has 0 bridgehead atoms. The minimum Gasteiger partial charge on any atom is -0.349 e. The van der Waals surface area contributed by atoms with Crippen LogP contribution in [0.25, 0.3) is 0 Å². The van der Waals surface area contributed by atoms with Crippen molar-refractivity contribution in [3.8, 4) is 0 Å². The van der Waals surface area contributed by atoms with Gasteiger partial charge in [-0.15, -0.1) is 0 Å². The van der Waals surface area contributed by atoms with Crippen LogP contribution in [-0.4, -0.2) is 16.8 Å². The smallest absolute Gasteiger partial charge is 0.252 e. The molecule has 0 spiro atoms. The van der Waals surface area contributed by atoms with Crippen molar-refractivity contribution < 1.29 is 9.18 Å². The van der Waals surface area contributed by atoms with E-state index in [2.05, 4.69) is 37.2 Å². The van der Waals surface area contributed by atoms with Gasteiger partial charge < -0.3 is 5.32 Å². The predicted octanol–water partition coefficient (Wildman–Crippen LogP) is 4.02. The Kier molecular flexibility index (Phi) is 4.78. The number of benzene rings is 1. The molecular formula is C13H14Br2FNO. The molecule has 1 aromatic rings. The molecule has 1 amide bonds. The maximum atomic E-state index is 13.3. The molecule has 1 aliphatic rings. The third kappa shape index (κ3) is 3.32. The highest BCUT2D eigenvalue weighted by molar-refractivity contribution is 9.10. The second kappa shape index (κ2) is 6.15. The van der Waals surface area contributed by atoms with E-state index in [1.807, 2.05) is 0 Å². The molecule has 0 radical (unpaired) electrons. The number of nitrogens with one attached hydrogen (secondary N) is 1. The molecule has 1 aromatic carbocycles. The second-order valence-corrected chi connectivity index (χ2v) is 6.61. The van der Waals surface area contributed by atoms with Crippen LogP contribution in [0.4, 0.5) is 4.39 Å².